The van der Waals surface area contributed by atoms with Crippen LogP contribution in [0.2, 0.25) is 5.02 Å². The van der Waals surface area contributed by atoms with Crippen molar-refractivity contribution in [1.82, 2.24) is 4.90 Å². The number of halogens is 1. The molecule has 1 saturated heterocycles. The fraction of sp³-hybridized carbons (Fsp3) is 0.500. The molecule has 1 aliphatic rings. The highest BCUT2D eigenvalue weighted by Gasteiger charge is 2.15. The van der Waals surface area contributed by atoms with E-state index in [1.54, 1.807) is 12.1 Å². The maximum absolute atomic E-state index is 10.0. The van der Waals surface area contributed by atoms with E-state index in [1.807, 2.05) is 12.1 Å². The van der Waals surface area contributed by atoms with Gasteiger partial charge in [-0.3, -0.25) is 4.90 Å². The molecular weight excluding hydrogens is 226 g/mol. The van der Waals surface area contributed by atoms with Gasteiger partial charge in [-0.05, 0) is 17.7 Å². The minimum atomic E-state index is -0.449. The van der Waals surface area contributed by atoms with Crippen molar-refractivity contribution in [3.05, 3.63) is 34.9 Å². The average Bonchev–Trinajstić information content (AvgIpc) is 2.31. The molecule has 0 bridgehead atoms. The highest BCUT2D eigenvalue weighted by atomic mass is 35.5. The van der Waals surface area contributed by atoms with Crippen molar-refractivity contribution in [2.45, 2.75) is 6.10 Å². The second-order valence-electron chi connectivity index (χ2n) is 3.98. The lowest BCUT2D eigenvalue weighted by Crippen LogP contribution is -2.38. The lowest BCUT2D eigenvalue weighted by Gasteiger charge is -2.28. The van der Waals surface area contributed by atoms with Crippen molar-refractivity contribution in [2.75, 3.05) is 32.8 Å². The molecule has 1 aliphatic heterocycles. The Balaban J connectivity index is 1.91. The summed E-state index contributed by atoms with van der Waals surface area (Å²) in [5.74, 6) is 0. The van der Waals surface area contributed by atoms with Gasteiger partial charge in [-0.25, -0.2) is 0 Å². The molecule has 1 fully saturated rings. The predicted octanol–water partition coefficient (Wildman–Crippen LogP) is 1.71. The largest absolute Gasteiger partial charge is 0.387 e. The molecule has 1 heterocycles. The van der Waals surface area contributed by atoms with Crippen LogP contribution in [0.3, 0.4) is 0 Å². The number of hydrogen-bond acceptors (Lipinski definition) is 3. The summed E-state index contributed by atoms with van der Waals surface area (Å²) in [6.07, 6.45) is -0.449. The Bertz CT molecular complexity index is 322. The Labute approximate surface area is 101 Å². The third-order valence-corrected chi connectivity index (χ3v) is 3.04. The van der Waals surface area contributed by atoms with Gasteiger partial charge in [-0.15, -0.1) is 0 Å². The Kier molecular flexibility index (Phi) is 4.18. The molecule has 88 valence electrons. The Hall–Kier alpha value is -0.610. The first kappa shape index (κ1) is 11.9. The molecule has 3 nitrogen and oxygen atoms in total. The smallest absolute Gasteiger partial charge is 0.0916 e. The van der Waals surface area contributed by atoms with Gasteiger partial charge in [0.25, 0.3) is 0 Å². The lowest BCUT2D eigenvalue weighted by molar-refractivity contribution is 0.0143. The summed E-state index contributed by atoms with van der Waals surface area (Å²) in [6.45, 7) is 3.96. The summed E-state index contributed by atoms with van der Waals surface area (Å²) >= 11 is 5.80. The van der Waals surface area contributed by atoms with E-state index in [0.717, 1.165) is 31.9 Å². The second kappa shape index (κ2) is 5.64. The van der Waals surface area contributed by atoms with Crippen molar-refractivity contribution in [1.29, 1.82) is 0 Å². The maximum Gasteiger partial charge on any atom is 0.0916 e. The highest BCUT2D eigenvalue weighted by molar-refractivity contribution is 6.30. The van der Waals surface area contributed by atoms with Gasteiger partial charge in [0.15, 0.2) is 0 Å². The van der Waals surface area contributed by atoms with Gasteiger partial charge in [-0.1, -0.05) is 23.7 Å². The lowest BCUT2D eigenvalue weighted by atomic mass is 10.1. The molecule has 0 amide bonds. The van der Waals surface area contributed by atoms with Gasteiger partial charge in [0.05, 0.1) is 19.3 Å². The predicted molar refractivity (Wildman–Crippen MR) is 63.7 cm³/mol. The van der Waals surface area contributed by atoms with E-state index in [2.05, 4.69) is 4.90 Å². The van der Waals surface area contributed by atoms with Crippen molar-refractivity contribution >= 4 is 11.6 Å². The Morgan fingerprint density at radius 3 is 2.50 bits per heavy atom. The van der Waals surface area contributed by atoms with Gasteiger partial charge < -0.3 is 9.84 Å². The van der Waals surface area contributed by atoms with E-state index in [9.17, 15) is 5.11 Å². The van der Waals surface area contributed by atoms with Gasteiger partial charge in [0.1, 0.15) is 0 Å². The van der Waals surface area contributed by atoms with Gasteiger partial charge in [0, 0.05) is 24.7 Å². The van der Waals surface area contributed by atoms with Gasteiger partial charge in [-0.2, -0.15) is 0 Å². The molecule has 1 N–H and O–H groups in total. The summed E-state index contributed by atoms with van der Waals surface area (Å²) in [5, 5.41) is 10.7. The minimum Gasteiger partial charge on any atom is -0.387 e. The Morgan fingerprint density at radius 2 is 1.88 bits per heavy atom. The third-order valence-electron chi connectivity index (χ3n) is 2.79. The fourth-order valence-electron chi connectivity index (χ4n) is 1.82. The van der Waals surface area contributed by atoms with Crippen LogP contribution >= 0.6 is 11.6 Å². The summed E-state index contributed by atoms with van der Waals surface area (Å²) in [7, 11) is 0. The van der Waals surface area contributed by atoms with E-state index in [0.29, 0.717) is 11.6 Å². The maximum atomic E-state index is 10.0. The van der Waals surface area contributed by atoms with Crippen molar-refractivity contribution in [3.8, 4) is 0 Å². The molecule has 4 heteroatoms. The van der Waals surface area contributed by atoms with Crippen LogP contribution in [-0.2, 0) is 4.74 Å². The second-order valence-corrected chi connectivity index (χ2v) is 4.42. The molecule has 0 radical (unpaired) electrons. The van der Waals surface area contributed by atoms with Gasteiger partial charge in [0.2, 0.25) is 0 Å². The number of β-amino-alcohol motifs (C(OH)–C–C–N with tert-alkyl or cyclic N) is 1. The van der Waals surface area contributed by atoms with Crippen LogP contribution in [0.25, 0.3) is 0 Å². The quantitative estimate of drug-likeness (QED) is 0.875. The topological polar surface area (TPSA) is 32.7 Å². The van der Waals surface area contributed by atoms with E-state index < -0.39 is 6.10 Å². The first-order valence-corrected chi connectivity index (χ1v) is 5.87. The normalized spacial score (nSPS) is 19.6. The molecule has 0 unspecified atom stereocenters. The number of ether oxygens (including phenoxy) is 1. The summed E-state index contributed by atoms with van der Waals surface area (Å²) in [6, 6.07) is 7.35. The SMILES string of the molecule is O[C@@H](CN1CCOCC1)c1ccc(Cl)cc1. The molecule has 0 spiro atoms. The first-order valence-electron chi connectivity index (χ1n) is 5.49. The molecule has 1 aromatic carbocycles. The number of nitrogens with zero attached hydrogens (tertiary/aromatic N) is 1. The molecule has 1 atom stereocenters. The van der Waals surface area contributed by atoms with E-state index in [1.165, 1.54) is 0 Å². The van der Waals surface area contributed by atoms with Gasteiger partial charge >= 0.3 is 0 Å². The summed E-state index contributed by atoms with van der Waals surface area (Å²) in [5.41, 5.74) is 0.913. The molecule has 0 aromatic heterocycles. The fourth-order valence-corrected chi connectivity index (χ4v) is 1.94. The average molecular weight is 242 g/mol. The first-order chi connectivity index (χ1) is 7.75. The number of hydrogen-bond donors (Lipinski definition) is 1. The number of morpholine rings is 1. The number of aliphatic hydroxyl groups excluding tert-OH is 1. The van der Waals surface area contributed by atoms with Crippen molar-refractivity contribution < 1.29 is 9.84 Å². The molecule has 1 aromatic rings. The van der Waals surface area contributed by atoms with Crippen LogP contribution in [0.4, 0.5) is 0 Å². The van der Waals surface area contributed by atoms with Crippen LogP contribution in [-0.4, -0.2) is 42.9 Å². The summed E-state index contributed by atoms with van der Waals surface area (Å²) in [4.78, 5) is 2.21. The standard InChI is InChI=1S/C12H16ClNO2/c13-11-3-1-10(2-4-11)12(15)9-14-5-7-16-8-6-14/h1-4,12,15H,5-9H2/t12-/m0/s1. The zero-order valence-electron chi connectivity index (χ0n) is 9.10. The number of rotatable bonds is 3. The van der Waals surface area contributed by atoms with Crippen LogP contribution in [0.1, 0.15) is 11.7 Å². The molecule has 0 aliphatic carbocycles. The van der Waals surface area contributed by atoms with E-state index in [-0.39, 0.29) is 0 Å². The van der Waals surface area contributed by atoms with Crippen molar-refractivity contribution in [3.63, 3.8) is 0 Å². The highest BCUT2D eigenvalue weighted by Crippen LogP contribution is 2.17. The van der Waals surface area contributed by atoms with E-state index in [4.69, 9.17) is 16.3 Å². The zero-order valence-corrected chi connectivity index (χ0v) is 9.86. The summed E-state index contributed by atoms with van der Waals surface area (Å²) < 4.78 is 5.26. The van der Waals surface area contributed by atoms with Crippen LogP contribution in [0, 0.1) is 0 Å². The van der Waals surface area contributed by atoms with Crippen LogP contribution < -0.4 is 0 Å². The van der Waals surface area contributed by atoms with E-state index >= 15 is 0 Å². The molecule has 0 saturated carbocycles. The third kappa shape index (κ3) is 3.19. The number of aliphatic hydroxyl groups is 1. The minimum absolute atomic E-state index is 0.449. The zero-order chi connectivity index (χ0) is 11.4. The molecular formula is C12H16ClNO2. The monoisotopic (exact) mass is 241 g/mol. The Morgan fingerprint density at radius 1 is 1.25 bits per heavy atom. The molecule has 2 rings (SSSR count). The number of benzene rings is 1. The van der Waals surface area contributed by atoms with Crippen LogP contribution in [0.5, 0.6) is 0 Å². The van der Waals surface area contributed by atoms with Crippen molar-refractivity contribution in [2.24, 2.45) is 0 Å². The molecule has 16 heavy (non-hydrogen) atoms. The van der Waals surface area contributed by atoms with Crippen LogP contribution in [0.15, 0.2) is 24.3 Å².